The standard InChI is InChI=1S/C32H42N2O5/c1-30-15-12-23(34-39-20-28(35)33-27(29(36)38-4)18-21-8-6-5-7-9-21)19-22(30)10-11-24-25(30)13-16-31(2)26(24)14-17-32(31,3)37/h5-9,12,15,19,24-27,37H,10-11,13-14,16-18,20H2,1-4H3,(H,33,35)/t24-,25-,26-,27-,30-,31-,32-/m0/s1. The molecule has 0 heterocycles. The molecule has 0 spiro atoms. The lowest BCUT2D eigenvalue weighted by atomic mass is 9.47. The molecule has 4 aliphatic rings. The van der Waals surface area contributed by atoms with E-state index in [2.05, 4.69) is 36.5 Å². The molecule has 1 aromatic carbocycles. The number of ether oxygens (including phenoxy) is 1. The lowest BCUT2D eigenvalue weighted by molar-refractivity contribution is -0.145. The number of nitrogens with zero attached hydrogens (tertiary/aromatic N) is 1. The maximum absolute atomic E-state index is 12.5. The number of oxime groups is 1. The van der Waals surface area contributed by atoms with Crippen molar-refractivity contribution in [2.24, 2.45) is 33.7 Å². The highest BCUT2D eigenvalue weighted by Gasteiger charge is 2.61. The first-order valence-corrected chi connectivity index (χ1v) is 14.3. The van der Waals surface area contributed by atoms with Crippen molar-refractivity contribution < 1.29 is 24.3 Å². The van der Waals surface area contributed by atoms with Crippen LogP contribution in [-0.4, -0.2) is 48.1 Å². The van der Waals surface area contributed by atoms with Gasteiger partial charge in [-0.25, -0.2) is 4.79 Å². The summed E-state index contributed by atoms with van der Waals surface area (Å²) < 4.78 is 4.87. The highest BCUT2D eigenvalue weighted by atomic mass is 16.6. The predicted molar refractivity (Wildman–Crippen MR) is 150 cm³/mol. The Morgan fingerprint density at radius 3 is 2.59 bits per heavy atom. The predicted octanol–water partition coefficient (Wildman–Crippen LogP) is 4.75. The molecule has 1 amide bonds. The van der Waals surface area contributed by atoms with Gasteiger partial charge in [-0.05, 0) is 86.3 Å². The van der Waals surface area contributed by atoms with Crippen LogP contribution in [0.1, 0.15) is 64.9 Å². The van der Waals surface area contributed by atoms with Gasteiger partial charge in [0.15, 0.2) is 6.61 Å². The maximum atomic E-state index is 12.5. The van der Waals surface area contributed by atoms with Crippen molar-refractivity contribution in [2.45, 2.75) is 77.4 Å². The van der Waals surface area contributed by atoms with Gasteiger partial charge in [-0.15, -0.1) is 0 Å². The van der Waals surface area contributed by atoms with Gasteiger partial charge in [0.2, 0.25) is 0 Å². The molecule has 210 valence electrons. The van der Waals surface area contributed by atoms with Crippen LogP contribution in [0.2, 0.25) is 0 Å². The van der Waals surface area contributed by atoms with E-state index in [0.717, 1.165) is 44.1 Å². The van der Waals surface area contributed by atoms with Gasteiger partial charge >= 0.3 is 5.97 Å². The number of hydrogen-bond donors (Lipinski definition) is 2. The van der Waals surface area contributed by atoms with E-state index in [1.165, 1.54) is 12.7 Å². The quantitative estimate of drug-likeness (QED) is 0.389. The number of rotatable bonds is 7. The topological polar surface area (TPSA) is 97.2 Å². The average molecular weight is 535 g/mol. The zero-order valence-corrected chi connectivity index (χ0v) is 23.6. The highest BCUT2D eigenvalue weighted by Crippen LogP contribution is 2.66. The Labute approximate surface area is 231 Å². The number of aliphatic hydroxyl groups is 1. The van der Waals surface area contributed by atoms with Crippen LogP contribution in [0.25, 0.3) is 0 Å². The van der Waals surface area contributed by atoms with Crippen molar-refractivity contribution in [2.75, 3.05) is 13.7 Å². The molecule has 1 aromatic rings. The van der Waals surface area contributed by atoms with Crippen LogP contribution in [0.15, 0.2) is 59.3 Å². The van der Waals surface area contributed by atoms with Crippen LogP contribution < -0.4 is 5.32 Å². The number of benzene rings is 1. The van der Waals surface area contributed by atoms with Crippen LogP contribution in [0.4, 0.5) is 0 Å². The third-order valence-corrected chi connectivity index (χ3v) is 10.6. The molecule has 7 nitrogen and oxygen atoms in total. The van der Waals surface area contributed by atoms with Crippen LogP contribution in [0.5, 0.6) is 0 Å². The second-order valence-electron chi connectivity index (χ2n) is 12.6. The summed E-state index contributed by atoms with van der Waals surface area (Å²) in [5.74, 6) is 0.833. The molecule has 2 N–H and O–H groups in total. The Morgan fingerprint density at radius 2 is 1.85 bits per heavy atom. The van der Waals surface area contributed by atoms with Crippen molar-refractivity contribution in [1.29, 1.82) is 0 Å². The fraction of sp³-hybridized carbons (Fsp3) is 0.594. The minimum absolute atomic E-state index is 0.0130. The molecule has 3 fully saturated rings. The first-order chi connectivity index (χ1) is 18.6. The summed E-state index contributed by atoms with van der Waals surface area (Å²) in [5.41, 5.74) is 2.43. The number of hydrogen-bond acceptors (Lipinski definition) is 6. The smallest absolute Gasteiger partial charge is 0.328 e. The van der Waals surface area contributed by atoms with Gasteiger partial charge in [0.05, 0.1) is 12.7 Å². The van der Waals surface area contributed by atoms with Crippen molar-refractivity contribution in [3.8, 4) is 0 Å². The monoisotopic (exact) mass is 534 g/mol. The fourth-order valence-electron chi connectivity index (χ4n) is 8.09. The van der Waals surface area contributed by atoms with Gasteiger partial charge in [-0.1, -0.05) is 61.0 Å². The molecule has 0 aliphatic heterocycles. The summed E-state index contributed by atoms with van der Waals surface area (Å²) in [5, 5.41) is 18.1. The molecule has 5 rings (SSSR count). The van der Waals surface area contributed by atoms with E-state index in [1.807, 2.05) is 43.3 Å². The summed E-state index contributed by atoms with van der Waals surface area (Å²) in [6.45, 7) is 6.43. The van der Waals surface area contributed by atoms with Crippen LogP contribution in [-0.2, 0) is 25.6 Å². The van der Waals surface area contributed by atoms with Crippen molar-refractivity contribution in [1.82, 2.24) is 5.32 Å². The molecule has 0 saturated heterocycles. The maximum Gasteiger partial charge on any atom is 0.328 e. The Kier molecular flexibility index (Phi) is 7.49. The minimum atomic E-state index is -0.797. The molecule has 0 radical (unpaired) electrons. The average Bonchev–Trinajstić information content (AvgIpc) is 3.17. The summed E-state index contributed by atoms with van der Waals surface area (Å²) in [6, 6.07) is 8.68. The summed E-state index contributed by atoms with van der Waals surface area (Å²) in [6.07, 6.45) is 13.1. The van der Waals surface area contributed by atoms with Crippen LogP contribution >= 0.6 is 0 Å². The van der Waals surface area contributed by atoms with Gasteiger partial charge in [-0.3, -0.25) is 4.79 Å². The molecule has 3 saturated carbocycles. The molecule has 0 aromatic heterocycles. The molecule has 39 heavy (non-hydrogen) atoms. The second-order valence-corrected chi connectivity index (χ2v) is 12.6. The summed E-state index contributed by atoms with van der Waals surface area (Å²) in [7, 11) is 1.31. The molecule has 7 heteroatoms. The zero-order valence-electron chi connectivity index (χ0n) is 23.6. The van der Waals surface area contributed by atoms with Crippen LogP contribution in [0, 0.1) is 28.6 Å². The van der Waals surface area contributed by atoms with Gasteiger partial charge < -0.3 is 20.0 Å². The largest absolute Gasteiger partial charge is 0.467 e. The molecular weight excluding hydrogens is 492 g/mol. The molecule has 7 atom stereocenters. The van der Waals surface area contributed by atoms with Crippen LogP contribution in [0.3, 0.4) is 0 Å². The van der Waals surface area contributed by atoms with E-state index < -0.39 is 23.5 Å². The van der Waals surface area contributed by atoms with E-state index in [4.69, 9.17) is 9.57 Å². The van der Waals surface area contributed by atoms with Crippen molar-refractivity contribution in [3.05, 3.63) is 59.7 Å². The Hall–Kier alpha value is -2.93. The molecule has 0 unspecified atom stereocenters. The Morgan fingerprint density at radius 1 is 1.10 bits per heavy atom. The van der Waals surface area contributed by atoms with E-state index >= 15 is 0 Å². The van der Waals surface area contributed by atoms with E-state index in [9.17, 15) is 14.7 Å². The van der Waals surface area contributed by atoms with Gasteiger partial charge in [0.1, 0.15) is 11.8 Å². The number of fused-ring (bicyclic) bond motifs is 5. The van der Waals surface area contributed by atoms with Gasteiger partial charge in [0.25, 0.3) is 5.91 Å². The van der Waals surface area contributed by atoms with Gasteiger partial charge in [0, 0.05) is 11.8 Å². The zero-order chi connectivity index (χ0) is 27.8. The van der Waals surface area contributed by atoms with Gasteiger partial charge in [-0.2, -0.15) is 0 Å². The number of carbonyl (C=O) groups is 2. The first kappa shape index (κ1) is 27.6. The highest BCUT2D eigenvalue weighted by molar-refractivity contribution is 6.05. The summed E-state index contributed by atoms with van der Waals surface area (Å²) in [4.78, 5) is 30.2. The van der Waals surface area contributed by atoms with E-state index in [-0.39, 0.29) is 17.4 Å². The minimum Gasteiger partial charge on any atom is -0.467 e. The number of nitrogens with one attached hydrogen (secondary N) is 1. The third kappa shape index (κ3) is 5.06. The fourth-order valence-corrected chi connectivity index (χ4v) is 8.09. The molecule has 0 bridgehead atoms. The number of allylic oxidation sites excluding steroid dienone is 4. The Balaban J connectivity index is 1.20. The number of methoxy groups -OCH3 is 1. The van der Waals surface area contributed by atoms with E-state index in [0.29, 0.717) is 29.9 Å². The number of esters is 1. The lowest BCUT2D eigenvalue weighted by Crippen LogP contribution is -2.53. The number of carbonyl (C=O) groups excluding carboxylic acids is 2. The lowest BCUT2D eigenvalue weighted by Gasteiger charge is -2.58. The molecular formula is C32H42N2O5. The SMILES string of the molecule is COC(=O)[C@H](Cc1ccccc1)NC(=O)CON=C1C=C[C@@]2(C)C(=C1)CC[C@H]1[C@@H]2CC[C@@]2(C)[C@H]1CC[C@]2(C)O. The second kappa shape index (κ2) is 10.6. The first-order valence-electron chi connectivity index (χ1n) is 14.3. The van der Waals surface area contributed by atoms with Crippen molar-refractivity contribution >= 4 is 17.6 Å². The Bertz CT molecular complexity index is 1190. The normalized spacial score (nSPS) is 36.7. The van der Waals surface area contributed by atoms with E-state index in [1.54, 1.807) is 0 Å². The molecule has 4 aliphatic carbocycles. The van der Waals surface area contributed by atoms with Crippen molar-refractivity contribution in [3.63, 3.8) is 0 Å². The third-order valence-electron chi connectivity index (χ3n) is 10.6. The summed E-state index contributed by atoms with van der Waals surface area (Å²) >= 11 is 0. The number of amides is 1.